The summed E-state index contributed by atoms with van der Waals surface area (Å²) in [6.07, 6.45) is 1.81. The van der Waals surface area contributed by atoms with Gasteiger partial charge in [-0.2, -0.15) is 0 Å². The number of methoxy groups -OCH3 is 1. The smallest absolute Gasteiger partial charge is 0.231 e. The molecule has 2 heterocycles. The van der Waals surface area contributed by atoms with Crippen molar-refractivity contribution in [3.63, 3.8) is 0 Å². The van der Waals surface area contributed by atoms with Gasteiger partial charge in [0.05, 0.1) is 7.11 Å². The Morgan fingerprint density at radius 3 is 2.85 bits per heavy atom. The maximum absolute atomic E-state index is 12.7. The number of ketones is 1. The summed E-state index contributed by atoms with van der Waals surface area (Å²) < 4.78 is 16.9. The summed E-state index contributed by atoms with van der Waals surface area (Å²) in [5.74, 6) is 2.32. The lowest BCUT2D eigenvalue weighted by Crippen LogP contribution is -2.34. The van der Waals surface area contributed by atoms with Crippen LogP contribution in [0.1, 0.15) is 29.2 Å². The van der Waals surface area contributed by atoms with Crippen molar-refractivity contribution in [1.29, 1.82) is 0 Å². The van der Waals surface area contributed by atoms with Crippen LogP contribution in [0.25, 0.3) is 0 Å². The highest BCUT2D eigenvalue weighted by Crippen LogP contribution is 2.50. The summed E-state index contributed by atoms with van der Waals surface area (Å²) in [4.78, 5) is 15.0. The molecule has 0 saturated heterocycles. The van der Waals surface area contributed by atoms with E-state index in [1.54, 1.807) is 7.11 Å². The van der Waals surface area contributed by atoms with E-state index in [1.165, 1.54) is 5.56 Å². The highest BCUT2D eigenvalue weighted by atomic mass is 16.7. The van der Waals surface area contributed by atoms with E-state index in [9.17, 15) is 4.79 Å². The summed E-state index contributed by atoms with van der Waals surface area (Å²) in [6.45, 7) is 1.11. The number of fused-ring (bicyclic) bond motifs is 2. The third kappa shape index (κ3) is 3.03. The number of carbonyl (C=O) groups is 1. The third-order valence-electron chi connectivity index (χ3n) is 5.21. The number of rotatable bonds is 5. The van der Waals surface area contributed by atoms with Gasteiger partial charge in [0.15, 0.2) is 11.5 Å². The average Bonchev–Trinajstić information content (AvgIpc) is 3.11. The number of ether oxygens (including phenoxy) is 3. The Labute approximate surface area is 153 Å². The lowest BCUT2D eigenvalue weighted by atomic mass is 9.87. The van der Waals surface area contributed by atoms with Gasteiger partial charge in [-0.25, -0.2) is 0 Å². The van der Waals surface area contributed by atoms with Crippen LogP contribution in [0.3, 0.4) is 0 Å². The fourth-order valence-electron chi connectivity index (χ4n) is 3.89. The van der Waals surface area contributed by atoms with Gasteiger partial charge in [0.2, 0.25) is 12.5 Å². The molecular weight excluding hydrogens is 330 g/mol. The van der Waals surface area contributed by atoms with Crippen LogP contribution in [-0.4, -0.2) is 38.2 Å². The van der Waals surface area contributed by atoms with E-state index in [-0.39, 0.29) is 18.6 Å². The molecule has 2 aromatic rings. The minimum absolute atomic E-state index is 0.0144. The Morgan fingerprint density at radius 2 is 2.08 bits per heavy atom. The van der Waals surface area contributed by atoms with Crippen molar-refractivity contribution in [2.45, 2.75) is 25.3 Å². The Balaban J connectivity index is 1.64. The molecule has 136 valence electrons. The highest BCUT2D eigenvalue weighted by molar-refractivity contribution is 5.82. The van der Waals surface area contributed by atoms with Crippen molar-refractivity contribution < 1.29 is 19.0 Å². The van der Waals surface area contributed by atoms with Crippen LogP contribution in [0.15, 0.2) is 36.4 Å². The lowest BCUT2D eigenvalue weighted by Gasteiger charge is -2.35. The predicted octanol–water partition coefficient (Wildman–Crippen LogP) is 3.15. The quantitative estimate of drug-likeness (QED) is 0.826. The van der Waals surface area contributed by atoms with Gasteiger partial charge in [0.1, 0.15) is 5.78 Å². The third-order valence-corrected chi connectivity index (χ3v) is 5.21. The van der Waals surface area contributed by atoms with Crippen molar-refractivity contribution in [2.24, 2.45) is 0 Å². The molecule has 0 saturated carbocycles. The van der Waals surface area contributed by atoms with Crippen LogP contribution in [-0.2, 0) is 17.6 Å². The Bertz CT molecular complexity index is 819. The maximum atomic E-state index is 12.7. The largest absolute Gasteiger partial charge is 0.492 e. The van der Waals surface area contributed by atoms with Gasteiger partial charge in [0.25, 0.3) is 0 Å². The van der Waals surface area contributed by atoms with Crippen LogP contribution in [0.5, 0.6) is 17.2 Å². The van der Waals surface area contributed by atoms with E-state index in [4.69, 9.17) is 14.2 Å². The number of carbonyl (C=O) groups excluding carboxylic acids is 1. The molecule has 2 aromatic carbocycles. The van der Waals surface area contributed by atoms with Gasteiger partial charge in [0, 0.05) is 31.0 Å². The first-order chi connectivity index (χ1) is 12.7. The van der Waals surface area contributed by atoms with Gasteiger partial charge < -0.3 is 14.2 Å². The van der Waals surface area contributed by atoms with Crippen molar-refractivity contribution >= 4 is 5.78 Å². The fourth-order valence-corrected chi connectivity index (χ4v) is 3.89. The van der Waals surface area contributed by atoms with Crippen molar-refractivity contribution in [3.8, 4) is 17.2 Å². The number of hydrogen-bond acceptors (Lipinski definition) is 5. The van der Waals surface area contributed by atoms with Crippen LogP contribution in [0, 0.1) is 0 Å². The van der Waals surface area contributed by atoms with Gasteiger partial charge in [-0.05, 0) is 30.7 Å². The molecule has 0 unspecified atom stereocenters. The Morgan fingerprint density at radius 1 is 1.27 bits per heavy atom. The second-order valence-corrected chi connectivity index (χ2v) is 6.87. The van der Waals surface area contributed by atoms with E-state index in [0.717, 1.165) is 29.8 Å². The molecule has 0 spiro atoms. The standard InChI is InChI=1S/C21H23NO4/c1-22-9-8-15-11-18-20(26-13-25-18)21(24-2)19(15)17(22)12-16(23)10-14-6-4-3-5-7-14/h3-7,11,17H,8-10,12-13H2,1-2H3/t17-/m0/s1. The van der Waals surface area contributed by atoms with Gasteiger partial charge in [-0.1, -0.05) is 30.3 Å². The van der Waals surface area contributed by atoms with E-state index >= 15 is 0 Å². The van der Waals surface area contributed by atoms with E-state index in [1.807, 2.05) is 36.4 Å². The number of hydrogen-bond donors (Lipinski definition) is 0. The minimum Gasteiger partial charge on any atom is -0.492 e. The molecule has 0 radical (unpaired) electrons. The molecule has 26 heavy (non-hydrogen) atoms. The molecule has 2 aliphatic rings. The molecular formula is C21H23NO4. The molecule has 2 aliphatic heterocycles. The molecule has 0 amide bonds. The zero-order valence-corrected chi connectivity index (χ0v) is 15.2. The van der Waals surface area contributed by atoms with Crippen LogP contribution < -0.4 is 14.2 Å². The fraction of sp³-hybridized carbons (Fsp3) is 0.381. The lowest BCUT2D eigenvalue weighted by molar-refractivity contribution is -0.119. The number of nitrogens with zero attached hydrogens (tertiary/aromatic N) is 1. The first-order valence-electron chi connectivity index (χ1n) is 8.92. The molecule has 0 N–H and O–H groups in total. The predicted molar refractivity (Wildman–Crippen MR) is 98.0 cm³/mol. The molecule has 0 bridgehead atoms. The maximum Gasteiger partial charge on any atom is 0.231 e. The zero-order valence-electron chi connectivity index (χ0n) is 15.2. The van der Waals surface area contributed by atoms with Crippen LogP contribution in [0.4, 0.5) is 0 Å². The molecule has 5 nitrogen and oxygen atoms in total. The van der Waals surface area contributed by atoms with Gasteiger partial charge in [-0.15, -0.1) is 0 Å². The SMILES string of the molecule is COc1c2c(cc3c1[C@H](CC(=O)Cc1ccccc1)N(C)CC3)OCO2. The second kappa shape index (κ2) is 7.00. The van der Waals surface area contributed by atoms with E-state index < -0.39 is 0 Å². The summed E-state index contributed by atoms with van der Waals surface area (Å²) in [5.41, 5.74) is 3.29. The molecule has 0 fully saturated rings. The van der Waals surface area contributed by atoms with E-state index in [2.05, 4.69) is 11.9 Å². The van der Waals surface area contributed by atoms with E-state index in [0.29, 0.717) is 24.3 Å². The summed E-state index contributed by atoms with van der Waals surface area (Å²) >= 11 is 0. The monoisotopic (exact) mass is 353 g/mol. The zero-order chi connectivity index (χ0) is 18.1. The normalized spacial score (nSPS) is 18.5. The number of likely N-dealkylation sites (N-methyl/N-ethyl adjacent to an activating group) is 1. The van der Waals surface area contributed by atoms with Crippen LogP contribution in [0.2, 0.25) is 0 Å². The summed E-state index contributed by atoms with van der Waals surface area (Å²) in [7, 11) is 3.71. The molecule has 5 heteroatoms. The van der Waals surface area contributed by atoms with Gasteiger partial charge >= 0.3 is 0 Å². The number of benzene rings is 2. The highest BCUT2D eigenvalue weighted by Gasteiger charge is 2.34. The first-order valence-corrected chi connectivity index (χ1v) is 8.92. The minimum atomic E-state index is -0.0144. The molecule has 0 aromatic heterocycles. The summed E-state index contributed by atoms with van der Waals surface area (Å²) in [6, 6.07) is 11.9. The van der Waals surface area contributed by atoms with Gasteiger partial charge in [-0.3, -0.25) is 9.69 Å². The average molecular weight is 353 g/mol. The van der Waals surface area contributed by atoms with Crippen LogP contribution >= 0.6 is 0 Å². The topological polar surface area (TPSA) is 48.0 Å². The molecule has 0 aliphatic carbocycles. The number of Topliss-reactive ketones (excluding diaryl/α,β-unsaturated/α-hetero) is 1. The summed E-state index contributed by atoms with van der Waals surface area (Å²) in [5, 5.41) is 0. The second-order valence-electron chi connectivity index (χ2n) is 6.87. The Hall–Kier alpha value is -2.53. The van der Waals surface area contributed by atoms with Crippen molar-refractivity contribution in [3.05, 3.63) is 53.1 Å². The van der Waals surface area contributed by atoms with Crippen molar-refractivity contribution in [1.82, 2.24) is 4.90 Å². The molecule has 1 atom stereocenters. The first kappa shape index (κ1) is 16.9. The Kier molecular flexibility index (Phi) is 4.55. The van der Waals surface area contributed by atoms with Crippen molar-refractivity contribution in [2.75, 3.05) is 27.5 Å². The molecule has 4 rings (SSSR count).